The van der Waals surface area contributed by atoms with Crippen LogP contribution in [0.25, 0.3) is 0 Å². The summed E-state index contributed by atoms with van der Waals surface area (Å²) in [6.45, 7) is 6.13. The third-order valence-corrected chi connectivity index (χ3v) is 3.52. The van der Waals surface area contributed by atoms with Gasteiger partial charge in [0.1, 0.15) is 0 Å². The predicted molar refractivity (Wildman–Crippen MR) is 107 cm³/mol. The van der Waals surface area contributed by atoms with Crippen molar-refractivity contribution < 1.29 is 0 Å². The highest BCUT2D eigenvalue weighted by Crippen LogP contribution is 2.13. The summed E-state index contributed by atoms with van der Waals surface area (Å²) in [4.78, 5) is 0. The Bertz CT molecular complexity index is 679. The van der Waals surface area contributed by atoms with Crippen molar-refractivity contribution in [2.24, 2.45) is 0 Å². The molecule has 0 aliphatic heterocycles. The zero-order chi connectivity index (χ0) is 17.9. The highest BCUT2D eigenvalue weighted by atomic mass is 14.6. The maximum Gasteiger partial charge on any atom is 0.0346 e. The van der Waals surface area contributed by atoms with Crippen LogP contribution < -0.4 is 17.2 Å². The molecule has 0 fully saturated rings. The first-order valence-electron chi connectivity index (χ1n) is 7.84. The van der Waals surface area contributed by atoms with Crippen LogP contribution in [-0.2, 0) is 0 Å². The maximum atomic E-state index is 5.62. The molecule has 126 valence electrons. The van der Waals surface area contributed by atoms with Gasteiger partial charge in [0.25, 0.3) is 0 Å². The van der Waals surface area contributed by atoms with Crippen LogP contribution in [-0.4, -0.2) is 0 Å². The van der Waals surface area contributed by atoms with Crippen LogP contribution in [0.4, 0.5) is 17.1 Å². The molecule has 3 rings (SSSR count). The molecule has 0 saturated carbocycles. The van der Waals surface area contributed by atoms with Gasteiger partial charge in [0, 0.05) is 17.1 Å². The van der Waals surface area contributed by atoms with Crippen LogP contribution in [0.15, 0.2) is 72.8 Å². The van der Waals surface area contributed by atoms with E-state index in [1.165, 1.54) is 16.7 Å². The van der Waals surface area contributed by atoms with Crippen molar-refractivity contribution in [1.82, 2.24) is 0 Å². The van der Waals surface area contributed by atoms with E-state index in [-0.39, 0.29) is 0 Å². The monoisotopic (exact) mass is 321 g/mol. The highest BCUT2D eigenvalue weighted by Gasteiger charge is 1.92. The minimum Gasteiger partial charge on any atom is -0.399 e. The maximum absolute atomic E-state index is 5.62. The van der Waals surface area contributed by atoms with Gasteiger partial charge < -0.3 is 17.2 Å². The highest BCUT2D eigenvalue weighted by molar-refractivity contribution is 5.49. The Labute approximate surface area is 145 Å². The number of para-hydroxylation sites is 1. The average molecular weight is 321 g/mol. The molecular weight excluding hydrogens is 294 g/mol. The minimum absolute atomic E-state index is 0.822. The first-order chi connectivity index (χ1) is 11.4. The van der Waals surface area contributed by atoms with Crippen molar-refractivity contribution in [3.05, 3.63) is 89.5 Å². The lowest BCUT2D eigenvalue weighted by molar-refractivity contribution is 1.35. The second-order valence-electron chi connectivity index (χ2n) is 5.61. The van der Waals surface area contributed by atoms with Gasteiger partial charge >= 0.3 is 0 Å². The molecule has 0 aromatic heterocycles. The number of aryl methyl sites for hydroxylation is 2. The topological polar surface area (TPSA) is 78.1 Å². The molecule has 6 N–H and O–H groups in total. The molecule has 0 bridgehead atoms. The normalized spacial score (nSPS) is 9.12. The van der Waals surface area contributed by atoms with Crippen LogP contribution >= 0.6 is 0 Å². The molecule has 3 nitrogen and oxygen atoms in total. The van der Waals surface area contributed by atoms with E-state index >= 15 is 0 Å². The second-order valence-corrected chi connectivity index (χ2v) is 5.61. The van der Waals surface area contributed by atoms with Crippen LogP contribution in [0.1, 0.15) is 16.7 Å². The molecule has 3 heteroatoms. The van der Waals surface area contributed by atoms with E-state index in [1.54, 1.807) is 0 Å². The number of benzene rings is 3. The molecule has 3 aromatic rings. The summed E-state index contributed by atoms with van der Waals surface area (Å²) in [6, 6.07) is 23.2. The van der Waals surface area contributed by atoms with Gasteiger partial charge in [0.15, 0.2) is 0 Å². The molecule has 3 aromatic carbocycles. The minimum atomic E-state index is 0.822. The van der Waals surface area contributed by atoms with Gasteiger partial charge in [0.05, 0.1) is 0 Å². The van der Waals surface area contributed by atoms with Crippen molar-refractivity contribution in [1.29, 1.82) is 0 Å². The van der Waals surface area contributed by atoms with Gasteiger partial charge in [-0.15, -0.1) is 0 Å². The van der Waals surface area contributed by atoms with Crippen molar-refractivity contribution in [3.8, 4) is 0 Å². The predicted octanol–water partition coefficient (Wildman–Crippen LogP) is 4.73. The van der Waals surface area contributed by atoms with E-state index in [9.17, 15) is 0 Å². The Kier molecular flexibility index (Phi) is 7.92. The quantitative estimate of drug-likeness (QED) is 0.524. The summed E-state index contributed by atoms with van der Waals surface area (Å²) in [5.74, 6) is 0. The summed E-state index contributed by atoms with van der Waals surface area (Å²) in [5.41, 5.74) is 22.6. The molecule has 0 atom stereocenters. The Morgan fingerprint density at radius 1 is 0.542 bits per heavy atom. The molecule has 0 amide bonds. The lowest BCUT2D eigenvalue weighted by Crippen LogP contribution is -1.90. The van der Waals surface area contributed by atoms with Crippen LogP contribution in [0.5, 0.6) is 0 Å². The smallest absolute Gasteiger partial charge is 0.0346 e. The van der Waals surface area contributed by atoms with E-state index < -0.39 is 0 Å². The number of hydrogen-bond donors (Lipinski definition) is 3. The number of nitrogen functional groups attached to an aromatic ring is 3. The molecule has 0 radical (unpaired) electrons. The van der Waals surface area contributed by atoms with Crippen molar-refractivity contribution in [3.63, 3.8) is 0 Å². The average Bonchev–Trinajstić information content (AvgIpc) is 2.57. The van der Waals surface area contributed by atoms with Gasteiger partial charge in [-0.05, 0) is 62.2 Å². The standard InChI is InChI=1S/C8H11N.C7H9N.C6H7N/c1-6-4-3-5-8(9)7(6)2;1-6-2-4-7(8)5-3-6;7-6-4-2-1-3-5-6/h3-5H,9H2,1-2H3;2-5H,8H2,1H3;1-5H,7H2. The molecule has 24 heavy (non-hydrogen) atoms. The first kappa shape index (κ1) is 19.1. The largest absolute Gasteiger partial charge is 0.399 e. The van der Waals surface area contributed by atoms with Gasteiger partial charge in [0.2, 0.25) is 0 Å². The molecule has 0 aliphatic rings. The lowest BCUT2D eigenvalue weighted by Gasteiger charge is -2.00. The van der Waals surface area contributed by atoms with E-state index in [1.807, 2.05) is 80.6 Å². The third-order valence-electron chi connectivity index (χ3n) is 3.52. The van der Waals surface area contributed by atoms with Gasteiger partial charge in [-0.25, -0.2) is 0 Å². The molecule has 0 saturated heterocycles. The zero-order valence-electron chi connectivity index (χ0n) is 14.7. The Morgan fingerprint density at radius 3 is 1.46 bits per heavy atom. The van der Waals surface area contributed by atoms with Gasteiger partial charge in [-0.1, -0.05) is 48.0 Å². The van der Waals surface area contributed by atoms with E-state index in [4.69, 9.17) is 17.2 Å². The van der Waals surface area contributed by atoms with Crippen molar-refractivity contribution in [2.75, 3.05) is 17.2 Å². The SMILES string of the molecule is Cc1ccc(N)cc1.Cc1cccc(N)c1C.Nc1ccccc1. The van der Waals surface area contributed by atoms with E-state index in [0.717, 1.165) is 17.1 Å². The van der Waals surface area contributed by atoms with Crippen molar-refractivity contribution in [2.45, 2.75) is 20.8 Å². The fourth-order valence-electron chi connectivity index (χ4n) is 1.79. The van der Waals surface area contributed by atoms with E-state index in [2.05, 4.69) is 13.0 Å². The molecule has 0 aliphatic carbocycles. The lowest BCUT2D eigenvalue weighted by atomic mass is 10.1. The number of anilines is 3. The van der Waals surface area contributed by atoms with Gasteiger partial charge in [-0.3, -0.25) is 0 Å². The summed E-state index contributed by atoms with van der Waals surface area (Å²) in [7, 11) is 0. The number of hydrogen-bond acceptors (Lipinski definition) is 3. The fourth-order valence-corrected chi connectivity index (χ4v) is 1.79. The van der Waals surface area contributed by atoms with Crippen LogP contribution in [0.2, 0.25) is 0 Å². The first-order valence-corrected chi connectivity index (χ1v) is 7.84. The van der Waals surface area contributed by atoms with E-state index in [0.29, 0.717) is 0 Å². The van der Waals surface area contributed by atoms with Gasteiger partial charge in [-0.2, -0.15) is 0 Å². The second kappa shape index (κ2) is 9.95. The molecule has 0 heterocycles. The fraction of sp³-hybridized carbons (Fsp3) is 0.143. The molecule has 0 spiro atoms. The number of nitrogens with two attached hydrogens (primary N) is 3. The Hall–Kier alpha value is -2.94. The molecule has 0 unspecified atom stereocenters. The van der Waals surface area contributed by atoms with Crippen LogP contribution in [0.3, 0.4) is 0 Å². The Balaban J connectivity index is 0.000000181. The number of rotatable bonds is 0. The zero-order valence-corrected chi connectivity index (χ0v) is 14.7. The summed E-state index contributed by atoms with van der Waals surface area (Å²) in [5, 5.41) is 0. The summed E-state index contributed by atoms with van der Waals surface area (Å²) in [6.07, 6.45) is 0. The van der Waals surface area contributed by atoms with Crippen molar-refractivity contribution >= 4 is 17.1 Å². The molecular formula is C21H27N3. The Morgan fingerprint density at radius 2 is 1.08 bits per heavy atom. The third kappa shape index (κ3) is 7.36. The summed E-state index contributed by atoms with van der Waals surface area (Å²) >= 11 is 0. The van der Waals surface area contributed by atoms with Crippen LogP contribution in [0, 0.1) is 20.8 Å². The summed E-state index contributed by atoms with van der Waals surface area (Å²) < 4.78 is 0.